The number of benzene rings is 1. The highest BCUT2D eigenvalue weighted by atomic mass is 35.5. The Bertz CT molecular complexity index is 372. The molecule has 66 valence electrons. The molecule has 0 heterocycles. The van der Waals surface area contributed by atoms with Gasteiger partial charge in [-0.2, -0.15) is 8.42 Å². The van der Waals surface area contributed by atoms with Gasteiger partial charge in [-0.1, -0.05) is 17.7 Å². The van der Waals surface area contributed by atoms with E-state index in [2.05, 4.69) is 4.18 Å². The minimum absolute atomic E-state index is 0.227. The van der Waals surface area contributed by atoms with Gasteiger partial charge < -0.3 is 4.18 Å². The van der Waals surface area contributed by atoms with Gasteiger partial charge in [-0.25, -0.2) is 0 Å². The molecule has 0 N–H and O–H groups in total. The van der Waals surface area contributed by atoms with Crippen molar-refractivity contribution in [1.29, 1.82) is 0 Å². The van der Waals surface area contributed by atoms with Crippen LogP contribution in [0, 0.1) is 0 Å². The van der Waals surface area contributed by atoms with Gasteiger partial charge >= 0.3 is 10.1 Å². The molecule has 0 radical (unpaired) electrons. The second kappa shape index (κ2) is 3.33. The first-order valence-electron chi connectivity index (χ1n) is 3.12. The fourth-order valence-electron chi connectivity index (χ4n) is 0.694. The van der Waals surface area contributed by atoms with Crippen molar-refractivity contribution in [3.8, 4) is 5.75 Å². The average molecular weight is 207 g/mol. The highest BCUT2D eigenvalue weighted by Gasteiger charge is 2.03. The lowest BCUT2D eigenvalue weighted by molar-refractivity contribution is 0.493. The molecule has 12 heavy (non-hydrogen) atoms. The largest absolute Gasteiger partial charge is 0.383 e. The van der Waals surface area contributed by atoms with Gasteiger partial charge in [0.25, 0.3) is 0 Å². The van der Waals surface area contributed by atoms with Gasteiger partial charge in [0.15, 0.2) is 0 Å². The molecule has 0 bridgehead atoms. The standard InChI is InChI=1S/C7H7ClO3S/c1-12(9,10)11-7-4-2-3-6(8)5-7/h2-5H,1H3. The predicted octanol–water partition coefficient (Wildman–Crippen LogP) is 1.68. The van der Waals surface area contributed by atoms with Crippen LogP contribution in [0.5, 0.6) is 5.75 Å². The predicted molar refractivity (Wildman–Crippen MR) is 46.9 cm³/mol. The Labute approximate surface area is 76.0 Å². The molecule has 0 saturated heterocycles. The minimum atomic E-state index is -3.45. The van der Waals surface area contributed by atoms with Crippen LogP contribution in [0.2, 0.25) is 5.02 Å². The lowest BCUT2D eigenvalue weighted by Gasteiger charge is -2.01. The van der Waals surface area contributed by atoms with Crippen molar-refractivity contribution in [2.75, 3.05) is 6.26 Å². The van der Waals surface area contributed by atoms with E-state index in [1.54, 1.807) is 12.1 Å². The maximum absolute atomic E-state index is 10.6. The molecule has 0 aliphatic carbocycles. The van der Waals surface area contributed by atoms with E-state index in [4.69, 9.17) is 11.6 Å². The second-order valence-electron chi connectivity index (χ2n) is 2.24. The molecule has 0 aromatic heterocycles. The zero-order valence-corrected chi connectivity index (χ0v) is 7.89. The van der Waals surface area contributed by atoms with E-state index in [0.717, 1.165) is 6.26 Å². The summed E-state index contributed by atoms with van der Waals surface area (Å²) in [5, 5.41) is 0.441. The topological polar surface area (TPSA) is 43.4 Å². The third-order valence-corrected chi connectivity index (χ3v) is 1.77. The first kappa shape index (κ1) is 9.35. The number of hydrogen-bond donors (Lipinski definition) is 0. The molecule has 0 saturated carbocycles. The van der Waals surface area contributed by atoms with E-state index >= 15 is 0 Å². The SMILES string of the molecule is CS(=O)(=O)Oc1cccc(Cl)c1. The maximum atomic E-state index is 10.6. The normalized spacial score (nSPS) is 11.2. The summed E-state index contributed by atoms with van der Waals surface area (Å²) >= 11 is 5.60. The monoisotopic (exact) mass is 206 g/mol. The van der Waals surface area contributed by atoms with Gasteiger partial charge in [0.1, 0.15) is 5.75 Å². The van der Waals surface area contributed by atoms with Crippen molar-refractivity contribution < 1.29 is 12.6 Å². The minimum Gasteiger partial charge on any atom is -0.383 e. The van der Waals surface area contributed by atoms with Gasteiger partial charge in [-0.15, -0.1) is 0 Å². The average Bonchev–Trinajstić information content (AvgIpc) is 1.82. The Hall–Kier alpha value is -0.740. The van der Waals surface area contributed by atoms with Gasteiger partial charge in [0, 0.05) is 11.1 Å². The number of rotatable bonds is 2. The first-order chi connectivity index (χ1) is 5.47. The van der Waals surface area contributed by atoms with E-state index in [1.807, 2.05) is 0 Å². The zero-order chi connectivity index (χ0) is 9.19. The van der Waals surface area contributed by atoms with Crippen molar-refractivity contribution in [3.63, 3.8) is 0 Å². The summed E-state index contributed by atoms with van der Waals surface area (Å²) in [5.74, 6) is 0.227. The summed E-state index contributed by atoms with van der Waals surface area (Å²) in [6.45, 7) is 0. The number of hydrogen-bond acceptors (Lipinski definition) is 3. The molecular weight excluding hydrogens is 200 g/mol. The highest BCUT2D eigenvalue weighted by molar-refractivity contribution is 7.86. The lowest BCUT2D eigenvalue weighted by atomic mass is 10.3. The third-order valence-electron chi connectivity index (χ3n) is 1.04. The molecule has 0 atom stereocenters. The van der Waals surface area contributed by atoms with Crippen molar-refractivity contribution >= 4 is 21.7 Å². The molecule has 0 amide bonds. The number of halogens is 1. The van der Waals surface area contributed by atoms with Crippen molar-refractivity contribution in [2.45, 2.75) is 0 Å². The van der Waals surface area contributed by atoms with E-state index in [9.17, 15) is 8.42 Å². The summed E-state index contributed by atoms with van der Waals surface area (Å²) in [6.07, 6.45) is 0.980. The van der Waals surface area contributed by atoms with E-state index in [1.165, 1.54) is 12.1 Å². The second-order valence-corrected chi connectivity index (χ2v) is 4.26. The third kappa shape index (κ3) is 3.11. The van der Waals surface area contributed by atoms with Crippen LogP contribution in [0.25, 0.3) is 0 Å². The molecule has 1 aromatic rings. The van der Waals surface area contributed by atoms with Crippen LogP contribution >= 0.6 is 11.6 Å². The van der Waals surface area contributed by atoms with Crippen LogP contribution in [-0.2, 0) is 10.1 Å². The Kier molecular flexibility index (Phi) is 2.59. The van der Waals surface area contributed by atoms with E-state index < -0.39 is 10.1 Å². The molecule has 0 aliphatic rings. The Morgan fingerprint density at radius 3 is 2.58 bits per heavy atom. The summed E-state index contributed by atoms with van der Waals surface area (Å²) in [7, 11) is -3.45. The fraction of sp³-hybridized carbons (Fsp3) is 0.143. The van der Waals surface area contributed by atoms with Gasteiger partial charge in [-0.3, -0.25) is 0 Å². The molecule has 1 aromatic carbocycles. The van der Waals surface area contributed by atoms with Gasteiger partial charge in [0.05, 0.1) is 6.26 Å². The van der Waals surface area contributed by atoms with Crippen molar-refractivity contribution in [3.05, 3.63) is 29.3 Å². The quantitative estimate of drug-likeness (QED) is 0.692. The molecule has 0 aliphatic heterocycles. The Morgan fingerprint density at radius 2 is 2.08 bits per heavy atom. The zero-order valence-electron chi connectivity index (χ0n) is 6.32. The molecule has 0 fully saturated rings. The molecule has 0 spiro atoms. The lowest BCUT2D eigenvalue weighted by Crippen LogP contribution is -2.05. The Balaban J connectivity index is 2.91. The van der Waals surface area contributed by atoms with Crippen LogP contribution in [0.15, 0.2) is 24.3 Å². The highest BCUT2D eigenvalue weighted by Crippen LogP contribution is 2.18. The maximum Gasteiger partial charge on any atom is 0.306 e. The Morgan fingerprint density at radius 1 is 1.42 bits per heavy atom. The first-order valence-corrected chi connectivity index (χ1v) is 5.32. The summed E-state index contributed by atoms with van der Waals surface area (Å²) in [6, 6.07) is 6.20. The smallest absolute Gasteiger partial charge is 0.306 e. The van der Waals surface area contributed by atoms with Crippen LogP contribution in [0.4, 0.5) is 0 Å². The molecule has 0 unspecified atom stereocenters. The van der Waals surface area contributed by atoms with Crippen LogP contribution < -0.4 is 4.18 Å². The summed E-state index contributed by atoms with van der Waals surface area (Å²) in [5.41, 5.74) is 0. The fourth-order valence-corrected chi connectivity index (χ4v) is 1.33. The summed E-state index contributed by atoms with van der Waals surface area (Å²) in [4.78, 5) is 0. The van der Waals surface area contributed by atoms with Crippen LogP contribution in [-0.4, -0.2) is 14.7 Å². The van der Waals surface area contributed by atoms with E-state index in [0.29, 0.717) is 5.02 Å². The summed E-state index contributed by atoms with van der Waals surface area (Å²) < 4.78 is 25.9. The van der Waals surface area contributed by atoms with Crippen LogP contribution in [0.1, 0.15) is 0 Å². The molecule has 5 heteroatoms. The molecular formula is C7H7ClO3S. The molecule has 3 nitrogen and oxygen atoms in total. The van der Waals surface area contributed by atoms with Gasteiger partial charge in [0.2, 0.25) is 0 Å². The van der Waals surface area contributed by atoms with Crippen molar-refractivity contribution in [1.82, 2.24) is 0 Å². The van der Waals surface area contributed by atoms with Crippen LogP contribution in [0.3, 0.4) is 0 Å². The van der Waals surface area contributed by atoms with E-state index in [-0.39, 0.29) is 5.75 Å². The van der Waals surface area contributed by atoms with Crippen molar-refractivity contribution in [2.24, 2.45) is 0 Å². The molecule has 1 rings (SSSR count). The van der Waals surface area contributed by atoms with Gasteiger partial charge in [-0.05, 0) is 12.1 Å².